The fourth-order valence-corrected chi connectivity index (χ4v) is 5.63. The number of nitrogens with one attached hydrogen (secondary N) is 3. The molecule has 5 atom stereocenters. The average Bonchev–Trinajstić information content (AvgIpc) is 3.38. The van der Waals surface area contributed by atoms with Gasteiger partial charge in [0.15, 0.2) is 0 Å². The molecule has 0 spiro atoms. The summed E-state index contributed by atoms with van der Waals surface area (Å²) < 4.78 is 0. The third kappa shape index (κ3) is 4.69. The molecule has 158 valence electrons. The fourth-order valence-electron chi connectivity index (χ4n) is 5.63. The third-order valence-corrected chi connectivity index (χ3v) is 7.47. The highest BCUT2D eigenvalue weighted by atomic mass is 16.7. The van der Waals surface area contributed by atoms with Gasteiger partial charge in [0.25, 0.3) is 0 Å². The van der Waals surface area contributed by atoms with Crippen molar-refractivity contribution in [3.8, 4) is 6.07 Å². The molecule has 0 aromatic heterocycles. The van der Waals surface area contributed by atoms with Crippen molar-refractivity contribution in [3.63, 3.8) is 0 Å². The maximum absolute atomic E-state index is 9.12. The molecule has 28 heavy (non-hydrogen) atoms. The molecule has 0 bridgehead atoms. The maximum atomic E-state index is 9.12. The van der Waals surface area contributed by atoms with Gasteiger partial charge < -0.3 is 5.32 Å². The number of hydroxylamine groups is 1. The molecule has 1 aliphatic carbocycles. The summed E-state index contributed by atoms with van der Waals surface area (Å²) in [4.78, 5) is 11.0. The molecule has 7 heteroatoms. The average molecular weight is 391 g/mol. The van der Waals surface area contributed by atoms with Crippen LogP contribution < -0.4 is 16.1 Å². The lowest BCUT2D eigenvalue weighted by Gasteiger charge is -2.36. The predicted molar refractivity (Wildman–Crippen MR) is 109 cm³/mol. The molecular weight excluding hydrogens is 352 g/mol. The molecule has 3 saturated heterocycles. The summed E-state index contributed by atoms with van der Waals surface area (Å²) in [5.41, 5.74) is 3.31. The molecule has 4 rings (SSSR count). The van der Waals surface area contributed by atoms with Crippen molar-refractivity contribution in [3.05, 3.63) is 0 Å². The van der Waals surface area contributed by atoms with E-state index in [4.69, 9.17) is 10.1 Å². The van der Waals surface area contributed by atoms with Crippen LogP contribution in [0.2, 0.25) is 0 Å². The zero-order chi connectivity index (χ0) is 19.5. The highest BCUT2D eigenvalue weighted by Gasteiger charge is 2.41. The summed E-state index contributed by atoms with van der Waals surface area (Å²) in [7, 11) is 4.29. The summed E-state index contributed by atoms with van der Waals surface area (Å²) in [6, 6.07) is 2.93. The van der Waals surface area contributed by atoms with Gasteiger partial charge in [0.1, 0.15) is 6.23 Å². The van der Waals surface area contributed by atoms with E-state index in [1.165, 1.54) is 51.6 Å². The van der Waals surface area contributed by atoms with Crippen LogP contribution in [0.4, 0.5) is 0 Å². The van der Waals surface area contributed by atoms with Crippen molar-refractivity contribution in [2.45, 2.75) is 76.0 Å². The molecule has 3 aliphatic heterocycles. The highest BCUT2D eigenvalue weighted by molar-refractivity contribution is 4.93. The van der Waals surface area contributed by atoms with Crippen molar-refractivity contribution < 1.29 is 4.84 Å². The van der Waals surface area contributed by atoms with E-state index in [0.29, 0.717) is 24.0 Å². The monoisotopic (exact) mass is 390 g/mol. The number of nitrogens with zero attached hydrogens (tertiary/aromatic N) is 3. The molecule has 1 saturated carbocycles. The number of likely N-dealkylation sites (tertiary alicyclic amines) is 1. The summed E-state index contributed by atoms with van der Waals surface area (Å²) in [6.07, 6.45) is 10.3. The van der Waals surface area contributed by atoms with Gasteiger partial charge >= 0.3 is 0 Å². The Morgan fingerprint density at radius 1 is 1.11 bits per heavy atom. The number of nitriles is 1. The van der Waals surface area contributed by atoms with Gasteiger partial charge in [0.05, 0.1) is 24.4 Å². The summed E-state index contributed by atoms with van der Waals surface area (Å²) in [6.45, 7) is 3.38. The molecule has 3 N–H and O–H groups in total. The Balaban J connectivity index is 1.25. The van der Waals surface area contributed by atoms with Gasteiger partial charge in [-0.3, -0.25) is 20.0 Å². The zero-order valence-corrected chi connectivity index (χ0v) is 17.6. The van der Waals surface area contributed by atoms with Crippen LogP contribution in [0, 0.1) is 29.1 Å². The van der Waals surface area contributed by atoms with E-state index < -0.39 is 0 Å². The van der Waals surface area contributed by atoms with E-state index in [0.717, 1.165) is 25.3 Å². The van der Waals surface area contributed by atoms with Gasteiger partial charge in [0, 0.05) is 24.9 Å². The Hall–Kier alpha value is -0.750. The number of hydrogen-bond donors (Lipinski definition) is 3. The minimum Gasteiger partial charge on any atom is -0.301 e. The van der Waals surface area contributed by atoms with Crippen LogP contribution in [0.3, 0.4) is 0 Å². The van der Waals surface area contributed by atoms with Crippen LogP contribution in [0.15, 0.2) is 0 Å². The van der Waals surface area contributed by atoms with Gasteiger partial charge in [-0.25, -0.2) is 0 Å². The lowest BCUT2D eigenvalue weighted by molar-refractivity contribution is -0.0274. The summed E-state index contributed by atoms with van der Waals surface area (Å²) in [5.74, 6) is 1.62. The van der Waals surface area contributed by atoms with Crippen molar-refractivity contribution in [2.24, 2.45) is 17.8 Å². The van der Waals surface area contributed by atoms with Crippen LogP contribution in [0.1, 0.15) is 51.4 Å². The van der Waals surface area contributed by atoms with Gasteiger partial charge in [0.2, 0.25) is 0 Å². The molecule has 7 nitrogen and oxygen atoms in total. The van der Waals surface area contributed by atoms with E-state index >= 15 is 0 Å². The molecule has 0 aromatic carbocycles. The fraction of sp³-hybridized carbons (Fsp3) is 0.952. The Labute approximate surface area is 170 Å². The van der Waals surface area contributed by atoms with Crippen molar-refractivity contribution in [2.75, 3.05) is 33.7 Å². The molecule has 0 aromatic rings. The molecule has 4 fully saturated rings. The normalized spacial score (nSPS) is 42.7. The highest BCUT2D eigenvalue weighted by Crippen LogP contribution is 2.32. The topological polar surface area (TPSA) is 75.6 Å². The molecule has 0 amide bonds. The van der Waals surface area contributed by atoms with Crippen LogP contribution >= 0.6 is 0 Å². The molecule has 5 unspecified atom stereocenters. The minimum atomic E-state index is 0.0921. The number of rotatable bonds is 5. The number of piperidine rings is 1. The SMILES string of the molecule is CN(C)C1CCC(C2NOC(C3CCCN3CC3CCC(C#N)CC3)N2)CN1. The zero-order valence-electron chi connectivity index (χ0n) is 17.6. The van der Waals surface area contributed by atoms with Gasteiger partial charge in [-0.15, -0.1) is 0 Å². The molecule has 4 aliphatic rings. The smallest absolute Gasteiger partial charge is 0.146 e. The number of hydrogen-bond acceptors (Lipinski definition) is 7. The molecule has 3 heterocycles. The second kappa shape index (κ2) is 9.38. The third-order valence-electron chi connectivity index (χ3n) is 7.47. The van der Waals surface area contributed by atoms with E-state index in [9.17, 15) is 0 Å². The van der Waals surface area contributed by atoms with Crippen LogP contribution in [0.25, 0.3) is 0 Å². The second-order valence-corrected chi connectivity index (χ2v) is 9.58. The lowest BCUT2D eigenvalue weighted by Crippen LogP contribution is -2.54. The van der Waals surface area contributed by atoms with E-state index in [1.807, 2.05) is 0 Å². The first-order chi connectivity index (χ1) is 13.6. The summed E-state index contributed by atoms with van der Waals surface area (Å²) >= 11 is 0. The Morgan fingerprint density at radius 3 is 2.61 bits per heavy atom. The first-order valence-electron chi connectivity index (χ1n) is 11.3. The molecule has 0 radical (unpaired) electrons. The Morgan fingerprint density at radius 2 is 1.93 bits per heavy atom. The predicted octanol–water partition coefficient (Wildman–Crippen LogP) is 1.44. The van der Waals surface area contributed by atoms with Crippen LogP contribution in [-0.2, 0) is 4.84 Å². The quantitative estimate of drug-likeness (QED) is 0.656. The standard InChI is InChI=1S/C21H38N6O/c1-26(2)19-10-9-17(13-23-19)20-24-21(28-25-20)18-4-3-11-27(18)14-16-7-5-15(12-22)6-8-16/h15-21,23-25H,3-11,13-14H2,1-2H3. The maximum Gasteiger partial charge on any atom is 0.146 e. The van der Waals surface area contributed by atoms with Crippen molar-refractivity contribution >= 4 is 0 Å². The van der Waals surface area contributed by atoms with Gasteiger partial charge in [-0.1, -0.05) is 0 Å². The van der Waals surface area contributed by atoms with Crippen LogP contribution in [0.5, 0.6) is 0 Å². The lowest BCUT2D eigenvalue weighted by atomic mass is 9.82. The van der Waals surface area contributed by atoms with E-state index in [2.05, 4.69) is 46.1 Å². The van der Waals surface area contributed by atoms with E-state index in [-0.39, 0.29) is 12.4 Å². The first-order valence-corrected chi connectivity index (χ1v) is 11.3. The van der Waals surface area contributed by atoms with Crippen molar-refractivity contribution in [1.29, 1.82) is 5.26 Å². The van der Waals surface area contributed by atoms with Gasteiger partial charge in [-0.2, -0.15) is 10.7 Å². The van der Waals surface area contributed by atoms with Crippen LogP contribution in [-0.4, -0.2) is 68.1 Å². The summed E-state index contributed by atoms with van der Waals surface area (Å²) in [5, 5.41) is 16.5. The Bertz CT molecular complexity index is 536. The largest absolute Gasteiger partial charge is 0.301 e. The van der Waals surface area contributed by atoms with Gasteiger partial charge in [-0.05, 0) is 77.9 Å². The van der Waals surface area contributed by atoms with Crippen molar-refractivity contribution in [1.82, 2.24) is 25.9 Å². The second-order valence-electron chi connectivity index (χ2n) is 9.58. The van der Waals surface area contributed by atoms with E-state index in [1.54, 1.807) is 0 Å². The first kappa shape index (κ1) is 20.5. The minimum absolute atomic E-state index is 0.0921. The molecular formula is C21H38N6O. The Kier molecular flexibility index (Phi) is 6.87.